The first-order valence-electron chi connectivity index (χ1n) is 9.65. The number of carbonyl (C=O) groups excluding carboxylic acids is 2. The number of halogens is 3. The van der Waals surface area contributed by atoms with E-state index in [1.165, 1.54) is 11.3 Å². The monoisotopic (exact) mass is 453 g/mol. The van der Waals surface area contributed by atoms with Crippen LogP contribution >= 0.6 is 11.3 Å². The Morgan fingerprint density at radius 2 is 1.97 bits per heavy atom. The molecule has 2 aromatic heterocycles. The van der Waals surface area contributed by atoms with Gasteiger partial charge >= 0.3 is 6.18 Å². The Morgan fingerprint density at radius 3 is 2.68 bits per heavy atom. The number of thiazole rings is 1. The predicted octanol–water partition coefficient (Wildman–Crippen LogP) is 4.03. The van der Waals surface area contributed by atoms with E-state index in [1.807, 2.05) is 13.8 Å². The third-order valence-electron chi connectivity index (χ3n) is 4.49. The summed E-state index contributed by atoms with van der Waals surface area (Å²) < 4.78 is 36.6. The van der Waals surface area contributed by atoms with E-state index in [0.717, 1.165) is 11.3 Å². The van der Waals surface area contributed by atoms with Crippen LogP contribution in [0.2, 0.25) is 0 Å². The molecule has 7 nitrogen and oxygen atoms in total. The second kappa shape index (κ2) is 9.46. The molecule has 2 heterocycles. The summed E-state index contributed by atoms with van der Waals surface area (Å²) in [4.78, 5) is 36.4. The standard InChI is InChI=1S/C20H22F3N5O2S/c1-11(2)17-18(31-10-26-17)19(30)25-9-15-27-13-4-3-12(7-14(13)28-15)8-24-16(29)5-6-20(21,22)23/h3-4,7,10-11H,5-6,8-9H2,1-2H3,(H,24,29)(H,25,30)(H,27,28). The van der Waals surface area contributed by atoms with Gasteiger partial charge in [0.15, 0.2) is 0 Å². The number of nitrogens with zero attached hydrogens (tertiary/aromatic N) is 2. The van der Waals surface area contributed by atoms with Crippen LogP contribution in [0.15, 0.2) is 23.7 Å². The summed E-state index contributed by atoms with van der Waals surface area (Å²) in [6.45, 7) is 4.26. The minimum Gasteiger partial charge on any atom is -0.352 e. The zero-order valence-electron chi connectivity index (χ0n) is 17.0. The van der Waals surface area contributed by atoms with Crippen LogP contribution in [-0.4, -0.2) is 32.9 Å². The number of amides is 2. The predicted molar refractivity (Wildman–Crippen MR) is 111 cm³/mol. The minimum atomic E-state index is -4.35. The number of benzene rings is 1. The highest BCUT2D eigenvalue weighted by Gasteiger charge is 2.27. The molecule has 0 saturated carbocycles. The Hall–Kier alpha value is -2.95. The zero-order chi connectivity index (χ0) is 22.6. The third kappa shape index (κ3) is 6.27. The number of hydrogen-bond acceptors (Lipinski definition) is 5. The summed E-state index contributed by atoms with van der Waals surface area (Å²) in [7, 11) is 0. The van der Waals surface area contributed by atoms with Gasteiger partial charge in [0.2, 0.25) is 5.91 Å². The van der Waals surface area contributed by atoms with E-state index in [2.05, 4.69) is 25.6 Å². The number of H-pyrrole nitrogens is 1. The van der Waals surface area contributed by atoms with Crippen molar-refractivity contribution in [3.63, 3.8) is 0 Å². The van der Waals surface area contributed by atoms with Crippen molar-refractivity contribution in [1.82, 2.24) is 25.6 Å². The van der Waals surface area contributed by atoms with Gasteiger partial charge in [0.1, 0.15) is 10.7 Å². The lowest BCUT2D eigenvalue weighted by Gasteiger charge is -2.07. The molecule has 3 N–H and O–H groups in total. The molecule has 0 saturated heterocycles. The lowest BCUT2D eigenvalue weighted by Crippen LogP contribution is -2.24. The Bertz CT molecular complexity index is 1070. The van der Waals surface area contributed by atoms with Crippen LogP contribution < -0.4 is 10.6 Å². The molecule has 0 spiro atoms. The average Bonchev–Trinajstić information content (AvgIpc) is 3.34. The molecule has 0 atom stereocenters. The fraction of sp³-hybridized carbons (Fsp3) is 0.400. The van der Waals surface area contributed by atoms with Crippen LogP contribution in [0, 0.1) is 0 Å². The molecule has 3 rings (SSSR count). The molecule has 0 radical (unpaired) electrons. The molecular weight excluding hydrogens is 431 g/mol. The fourth-order valence-corrected chi connectivity index (χ4v) is 3.79. The Morgan fingerprint density at radius 1 is 1.19 bits per heavy atom. The lowest BCUT2D eigenvalue weighted by atomic mass is 10.1. The topological polar surface area (TPSA) is 99.8 Å². The van der Waals surface area contributed by atoms with Gasteiger partial charge < -0.3 is 15.6 Å². The third-order valence-corrected chi connectivity index (χ3v) is 5.33. The number of rotatable bonds is 8. The number of alkyl halides is 3. The summed E-state index contributed by atoms with van der Waals surface area (Å²) in [5.74, 6) is -0.168. The number of fused-ring (bicyclic) bond motifs is 1. The van der Waals surface area contributed by atoms with Crippen molar-refractivity contribution >= 4 is 34.2 Å². The quantitative estimate of drug-likeness (QED) is 0.479. The SMILES string of the molecule is CC(C)c1ncsc1C(=O)NCc1nc2ccc(CNC(=O)CCC(F)(F)F)cc2[nH]1. The van der Waals surface area contributed by atoms with Crippen molar-refractivity contribution in [2.75, 3.05) is 0 Å². The van der Waals surface area contributed by atoms with Crippen molar-refractivity contribution in [3.05, 3.63) is 45.7 Å². The number of aromatic nitrogens is 3. The van der Waals surface area contributed by atoms with E-state index >= 15 is 0 Å². The first-order valence-corrected chi connectivity index (χ1v) is 10.5. The maximum atomic E-state index is 12.4. The van der Waals surface area contributed by atoms with Crippen LogP contribution in [0.5, 0.6) is 0 Å². The molecule has 0 fully saturated rings. The molecule has 2 amide bonds. The molecule has 3 aromatic rings. The highest BCUT2D eigenvalue weighted by Crippen LogP contribution is 2.22. The Kier molecular flexibility index (Phi) is 6.94. The highest BCUT2D eigenvalue weighted by molar-refractivity contribution is 7.11. The molecule has 0 unspecified atom stereocenters. The van der Waals surface area contributed by atoms with Gasteiger partial charge in [-0.15, -0.1) is 11.3 Å². The number of carbonyl (C=O) groups is 2. The van der Waals surface area contributed by atoms with Gasteiger partial charge in [-0.1, -0.05) is 19.9 Å². The van der Waals surface area contributed by atoms with E-state index in [4.69, 9.17) is 0 Å². The van der Waals surface area contributed by atoms with Crippen LogP contribution in [0.25, 0.3) is 11.0 Å². The smallest absolute Gasteiger partial charge is 0.352 e. The molecule has 1 aromatic carbocycles. The largest absolute Gasteiger partial charge is 0.389 e. The second-order valence-electron chi connectivity index (χ2n) is 7.33. The van der Waals surface area contributed by atoms with Crippen molar-refractivity contribution in [1.29, 1.82) is 0 Å². The number of aromatic amines is 1. The molecule has 31 heavy (non-hydrogen) atoms. The summed E-state index contributed by atoms with van der Waals surface area (Å²) >= 11 is 1.29. The molecule has 0 bridgehead atoms. The Labute approximate surface area is 180 Å². The maximum Gasteiger partial charge on any atom is 0.389 e. The van der Waals surface area contributed by atoms with Crippen LogP contribution in [0.4, 0.5) is 13.2 Å². The van der Waals surface area contributed by atoms with Gasteiger partial charge in [-0.2, -0.15) is 13.2 Å². The summed E-state index contributed by atoms with van der Waals surface area (Å²) in [6.07, 6.45) is -6.10. The fourth-order valence-electron chi connectivity index (χ4n) is 2.93. The van der Waals surface area contributed by atoms with Crippen LogP contribution in [0.3, 0.4) is 0 Å². The number of hydrogen-bond donors (Lipinski definition) is 3. The van der Waals surface area contributed by atoms with Crippen molar-refractivity contribution < 1.29 is 22.8 Å². The number of nitrogens with one attached hydrogen (secondary N) is 3. The van der Waals surface area contributed by atoms with Crippen LogP contribution in [-0.2, 0) is 17.9 Å². The van der Waals surface area contributed by atoms with Gasteiger partial charge in [-0.05, 0) is 23.6 Å². The Balaban J connectivity index is 1.57. The van der Waals surface area contributed by atoms with E-state index in [9.17, 15) is 22.8 Å². The maximum absolute atomic E-state index is 12.4. The van der Waals surface area contributed by atoms with Gasteiger partial charge in [0, 0.05) is 13.0 Å². The molecule has 11 heteroatoms. The van der Waals surface area contributed by atoms with Gasteiger partial charge in [-0.3, -0.25) is 9.59 Å². The molecule has 0 aliphatic heterocycles. The van der Waals surface area contributed by atoms with Gasteiger partial charge in [-0.25, -0.2) is 9.97 Å². The first kappa shape index (κ1) is 22.7. The zero-order valence-corrected chi connectivity index (χ0v) is 17.8. The first-order chi connectivity index (χ1) is 14.6. The second-order valence-corrected chi connectivity index (χ2v) is 8.19. The molecule has 0 aliphatic carbocycles. The highest BCUT2D eigenvalue weighted by atomic mass is 32.1. The minimum absolute atomic E-state index is 0.112. The number of imidazole rings is 1. The normalized spacial score (nSPS) is 11.8. The van der Waals surface area contributed by atoms with E-state index in [1.54, 1.807) is 23.7 Å². The van der Waals surface area contributed by atoms with Crippen molar-refractivity contribution in [3.8, 4) is 0 Å². The van der Waals surface area contributed by atoms with Crippen LogP contribution in [0.1, 0.15) is 59.4 Å². The lowest BCUT2D eigenvalue weighted by molar-refractivity contribution is -0.144. The van der Waals surface area contributed by atoms with Gasteiger partial charge in [0.25, 0.3) is 5.91 Å². The summed E-state index contributed by atoms with van der Waals surface area (Å²) in [5.41, 5.74) is 4.51. The molecule has 166 valence electrons. The molecule has 0 aliphatic rings. The summed E-state index contributed by atoms with van der Waals surface area (Å²) in [5, 5.41) is 5.31. The molecular formula is C20H22F3N5O2S. The average molecular weight is 453 g/mol. The van der Waals surface area contributed by atoms with E-state index < -0.39 is 24.9 Å². The summed E-state index contributed by atoms with van der Waals surface area (Å²) in [6, 6.07) is 5.24. The van der Waals surface area contributed by atoms with Crippen molar-refractivity contribution in [2.45, 2.75) is 51.9 Å². The van der Waals surface area contributed by atoms with Gasteiger partial charge in [0.05, 0.1) is 35.2 Å². The van der Waals surface area contributed by atoms with E-state index in [-0.39, 0.29) is 24.9 Å². The van der Waals surface area contributed by atoms with Crippen molar-refractivity contribution in [2.24, 2.45) is 0 Å². The van der Waals surface area contributed by atoms with E-state index in [0.29, 0.717) is 21.7 Å².